The van der Waals surface area contributed by atoms with Crippen LogP contribution in [-0.2, 0) is 0 Å². The van der Waals surface area contributed by atoms with Crippen LogP contribution in [0.1, 0.15) is 10.7 Å². The van der Waals surface area contributed by atoms with Gasteiger partial charge in [0.1, 0.15) is 5.75 Å². The van der Waals surface area contributed by atoms with Crippen LogP contribution in [0, 0.1) is 0 Å². The van der Waals surface area contributed by atoms with Gasteiger partial charge >= 0.3 is 11.8 Å². The first-order chi connectivity index (χ1) is 10.6. The maximum Gasteiger partial charge on any atom is 0.313 e. The number of phenols is 1. The first-order valence-corrected chi connectivity index (χ1v) is 6.69. The predicted octanol–water partition coefficient (Wildman–Crippen LogP) is 3.35. The standard InChI is InChI=1S/C15H10ClN3O3/c16-10-3-1-9(2-4-10)14-18-19-15(22-14)13(21)17-11-5-7-12(20)8-6-11/h1-8,20H,(H,17,21). The first-order valence-electron chi connectivity index (χ1n) is 6.31. The minimum Gasteiger partial charge on any atom is -0.508 e. The van der Waals surface area contributed by atoms with Crippen molar-refractivity contribution in [3.63, 3.8) is 0 Å². The molecule has 1 aromatic heterocycles. The molecule has 0 atom stereocenters. The number of carbonyl (C=O) groups excluding carboxylic acids is 1. The second kappa shape index (κ2) is 5.87. The molecule has 2 N–H and O–H groups in total. The van der Waals surface area contributed by atoms with E-state index >= 15 is 0 Å². The third kappa shape index (κ3) is 3.07. The van der Waals surface area contributed by atoms with E-state index < -0.39 is 5.91 Å². The lowest BCUT2D eigenvalue weighted by atomic mass is 10.2. The molecule has 110 valence electrons. The van der Waals surface area contributed by atoms with E-state index in [0.29, 0.717) is 16.3 Å². The zero-order valence-electron chi connectivity index (χ0n) is 11.2. The maximum absolute atomic E-state index is 12.0. The molecular formula is C15H10ClN3O3. The summed E-state index contributed by atoms with van der Waals surface area (Å²) in [6.45, 7) is 0. The largest absolute Gasteiger partial charge is 0.508 e. The van der Waals surface area contributed by atoms with Gasteiger partial charge in [0.25, 0.3) is 0 Å². The molecule has 0 saturated heterocycles. The number of hydrogen-bond donors (Lipinski definition) is 2. The van der Waals surface area contributed by atoms with E-state index in [1.807, 2.05) is 0 Å². The highest BCUT2D eigenvalue weighted by atomic mass is 35.5. The molecule has 0 saturated carbocycles. The van der Waals surface area contributed by atoms with E-state index in [2.05, 4.69) is 15.5 Å². The summed E-state index contributed by atoms with van der Waals surface area (Å²) in [6, 6.07) is 12.9. The minimum atomic E-state index is -0.529. The molecule has 0 unspecified atom stereocenters. The van der Waals surface area contributed by atoms with E-state index in [-0.39, 0.29) is 17.5 Å². The number of rotatable bonds is 3. The molecule has 3 aromatic rings. The summed E-state index contributed by atoms with van der Waals surface area (Å²) < 4.78 is 5.34. The summed E-state index contributed by atoms with van der Waals surface area (Å²) >= 11 is 5.81. The quantitative estimate of drug-likeness (QED) is 0.724. The topological polar surface area (TPSA) is 88.2 Å². The van der Waals surface area contributed by atoms with Crippen LogP contribution in [0.4, 0.5) is 5.69 Å². The van der Waals surface area contributed by atoms with Gasteiger partial charge in [-0.1, -0.05) is 11.6 Å². The number of hydrogen-bond acceptors (Lipinski definition) is 5. The molecule has 6 nitrogen and oxygen atoms in total. The lowest BCUT2D eigenvalue weighted by Crippen LogP contribution is -2.12. The van der Waals surface area contributed by atoms with Crippen LogP contribution in [0.5, 0.6) is 5.75 Å². The summed E-state index contributed by atoms with van der Waals surface area (Å²) in [5, 5.41) is 19.9. The van der Waals surface area contributed by atoms with E-state index in [4.69, 9.17) is 16.0 Å². The number of halogens is 1. The fraction of sp³-hybridized carbons (Fsp3) is 0. The van der Waals surface area contributed by atoms with Crippen LogP contribution in [0.25, 0.3) is 11.5 Å². The Morgan fingerprint density at radius 1 is 1.05 bits per heavy atom. The van der Waals surface area contributed by atoms with Crippen molar-refractivity contribution in [3.05, 3.63) is 59.4 Å². The molecule has 0 aliphatic carbocycles. The summed E-state index contributed by atoms with van der Waals surface area (Å²) in [5.74, 6) is -0.343. The lowest BCUT2D eigenvalue weighted by Gasteiger charge is -2.01. The second-order valence-corrected chi connectivity index (χ2v) is 4.86. The number of nitrogens with zero attached hydrogens (tertiary/aromatic N) is 2. The monoisotopic (exact) mass is 315 g/mol. The highest BCUT2D eigenvalue weighted by Crippen LogP contribution is 2.21. The molecule has 0 bridgehead atoms. The van der Waals surface area contributed by atoms with Gasteiger partial charge in [-0.05, 0) is 48.5 Å². The van der Waals surface area contributed by atoms with Gasteiger partial charge in [0.15, 0.2) is 0 Å². The molecule has 0 spiro atoms. The van der Waals surface area contributed by atoms with Crippen molar-refractivity contribution in [2.75, 3.05) is 5.32 Å². The highest BCUT2D eigenvalue weighted by Gasteiger charge is 2.16. The fourth-order valence-electron chi connectivity index (χ4n) is 1.75. The Balaban J connectivity index is 1.76. The summed E-state index contributed by atoms with van der Waals surface area (Å²) in [6.07, 6.45) is 0. The number of phenolic OH excluding ortho intramolecular Hbond substituents is 1. The molecule has 0 aliphatic heterocycles. The number of aromatic nitrogens is 2. The Morgan fingerprint density at radius 2 is 1.73 bits per heavy atom. The Morgan fingerprint density at radius 3 is 2.41 bits per heavy atom. The van der Waals surface area contributed by atoms with Crippen LogP contribution in [0.2, 0.25) is 5.02 Å². The van der Waals surface area contributed by atoms with Crippen LogP contribution in [0.3, 0.4) is 0 Å². The van der Waals surface area contributed by atoms with Gasteiger partial charge in [0, 0.05) is 16.3 Å². The SMILES string of the molecule is O=C(Nc1ccc(O)cc1)c1nnc(-c2ccc(Cl)cc2)o1. The number of nitrogens with one attached hydrogen (secondary N) is 1. The van der Waals surface area contributed by atoms with E-state index in [1.54, 1.807) is 36.4 Å². The molecule has 22 heavy (non-hydrogen) atoms. The van der Waals surface area contributed by atoms with Crippen LogP contribution >= 0.6 is 11.6 Å². The first kappa shape index (κ1) is 14.1. The average molecular weight is 316 g/mol. The molecule has 0 fully saturated rings. The van der Waals surface area contributed by atoms with Crippen molar-refractivity contribution >= 4 is 23.2 Å². The smallest absolute Gasteiger partial charge is 0.313 e. The van der Waals surface area contributed by atoms with Crippen LogP contribution < -0.4 is 5.32 Å². The predicted molar refractivity (Wildman–Crippen MR) is 80.8 cm³/mol. The van der Waals surface area contributed by atoms with Gasteiger partial charge in [0.2, 0.25) is 5.89 Å². The Hall–Kier alpha value is -2.86. The molecular weight excluding hydrogens is 306 g/mol. The van der Waals surface area contributed by atoms with Gasteiger partial charge in [-0.25, -0.2) is 0 Å². The van der Waals surface area contributed by atoms with Crippen LogP contribution in [0.15, 0.2) is 52.9 Å². The van der Waals surface area contributed by atoms with Gasteiger partial charge in [-0.3, -0.25) is 4.79 Å². The van der Waals surface area contributed by atoms with Gasteiger partial charge < -0.3 is 14.8 Å². The number of aromatic hydroxyl groups is 1. The number of amides is 1. The zero-order chi connectivity index (χ0) is 15.5. The van der Waals surface area contributed by atoms with Gasteiger partial charge in [0.05, 0.1) is 0 Å². The van der Waals surface area contributed by atoms with Crippen molar-refractivity contribution in [3.8, 4) is 17.2 Å². The van der Waals surface area contributed by atoms with Crippen molar-refractivity contribution in [1.29, 1.82) is 0 Å². The van der Waals surface area contributed by atoms with E-state index in [0.717, 1.165) is 0 Å². The highest BCUT2D eigenvalue weighted by molar-refractivity contribution is 6.30. The van der Waals surface area contributed by atoms with E-state index in [9.17, 15) is 9.90 Å². The molecule has 2 aromatic carbocycles. The van der Waals surface area contributed by atoms with Crippen molar-refractivity contribution in [2.45, 2.75) is 0 Å². The van der Waals surface area contributed by atoms with Crippen molar-refractivity contribution in [1.82, 2.24) is 10.2 Å². The molecule has 0 radical (unpaired) electrons. The van der Waals surface area contributed by atoms with Gasteiger partial charge in [-0.2, -0.15) is 0 Å². The Kier molecular flexibility index (Phi) is 3.76. The Labute approximate surface area is 130 Å². The van der Waals surface area contributed by atoms with Crippen molar-refractivity contribution in [2.24, 2.45) is 0 Å². The maximum atomic E-state index is 12.0. The van der Waals surface area contributed by atoms with E-state index in [1.165, 1.54) is 12.1 Å². The second-order valence-electron chi connectivity index (χ2n) is 4.42. The van der Waals surface area contributed by atoms with Gasteiger partial charge in [-0.15, -0.1) is 10.2 Å². The van der Waals surface area contributed by atoms with Crippen LogP contribution in [-0.4, -0.2) is 21.2 Å². The lowest BCUT2D eigenvalue weighted by molar-refractivity contribution is 0.0991. The molecule has 1 amide bonds. The molecule has 1 heterocycles. The molecule has 3 rings (SSSR count). The summed E-state index contributed by atoms with van der Waals surface area (Å²) in [4.78, 5) is 12.0. The van der Waals surface area contributed by atoms with Crippen molar-refractivity contribution < 1.29 is 14.3 Å². The zero-order valence-corrected chi connectivity index (χ0v) is 11.9. The summed E-state index contributed by atoms with van der Waals surface area (Å²) in [7, 11) is 0. The molecule has 0 aliphatic rings. The third-order valence-electron chi connectivity index (χ3n) is 2.84. The number of anilines is 1. The third-order valence-corrected chi connectivity index (χ3v) is 3.09. The molecule has 7 heteroatoms. The minimum absolute atomic E-state index is 0.112. The Bertz CT molecular complexity index is 798. The average Bonchev–Trinajstić information content (AvgIpc) is 3.00. The summed E-state index contributed by atoms with van der Waals surface area (Å²) in [5.41, 5.74) is 1.18. The number of carbonyl (C=O) groups is 1. The normalized spacial score (nSPS) is 10.4. The fourth-order valence-corrected chi connectivity index (χ4v) is 1.88. The number of benzene rings is 2.